The fourth-order valence-electron chi connectivity index (χ4n) is 2.41. The molecule has 0 aromatic heterocycles. The zero-order valence-corrected chi connectivity index (χ0v) is 9.63. The predicted octanol–water partition coefficient (Wildman–Crippen LogP) is 1.27. The first-order valence-corrected chi connectivity index (χ1v) is 5.75. The normalized spacial score (nSPS) is 24.2. The van der Waals surface area contributed by atoms with Crippen molar-refractivity contribution < 1.29 is 24.9 Å². The fraction of sp³-hybridized carbons (Fsp3) is 0.667. The Morgan fingerprint density at radius 3 is 2.47 bits per heavy atom. The number of carboxylic acids is 2. The summed E-state index contributed by atoms with van der Waals surface area (Å²) in [6.45, 7) is 0.0150. The first-order chi connectivity index (χ1) is 8.02. The maximum Gasteiger partial charge on any atom is 0.307 e. The van der Waals surface area contributed by atoms with E-state index in [1.54, 1.807) is 0 Å². The molecule has 0 saturated carbocycles. The molecule has 1 aliphatic rings. The Bertz CT molecular complexity index is 321. The van der Waals surface area contributed by atoms with Gasteiger partial charge in [0.25, 0.3) is 0 Å². The summed E-state index contributed by atoms with van der Waals surface area (Å²) in [5.74, 6) is -1.61. The summed E-state index contributed by atoms with van der Waals surface area (Å²) in [5, 5.41) is 26.4. The third-order valence-electron chi connectivity index (χ3n) is 3.22. The van der Waals surface area contributed by atoms with Crippen LogP contribution in [0.3, 0.4) is 0 Å². The molecule has 3 N–H and O–H groups in total. The summed E-state index contributed by atoms with van der Waals surface area (Å²) < 4.78 is 0. The average Bonchev–Trinajstić information content (AvgIpc) is 2.21. The van der Waals surface area contributed by atoms with E-state index in [0.29, 0.717) is 19.3 Å². The van der Waals surface area contributed by atoms with Crippen molar-refractivity contribution in [3.8, 4) is 0 Å². The van der Waals surface area contributed by atoms with Gasteiger partial charge >= 0.3 is 11.9 Å². The number of aliphatic carboxylic acids is 2. The highest BCUT2D eigenvalue weighted by Gasteiger charge is 2.27. The molecule has 1 rings (SSSR count). The van der Waals surface area contributed by atoms with Crippen molar-refractivity contribution >= 4 is 11.9 Å². The lowest BCUT2D eigenvalue weighted by molar-refractivity contribution is -0.139. The average molecular weight is 242 g/mol. The lowest BCUT2D eigenvalue weighted by Crippen LogP contribution is -2.23. The summed E-state index contributed by atoms with van der Waals surface area (Å²) in [7, 11) is 0. The van der Waals surface area contributed by atoms with Crippen LogP contribution in [0.1, 0.15) is 32.1 Å². The van der Waals surface area contributed by atoms with Crippen molar-refractivity contribution in [2.24, 2.45) is 11.8 Å². The summed E-state index contributed by atoms with van der Waals surface area (Å²) in [4.78, 5) is 21.3. The van der Waals surface area contributed by atoms with Crippen LogP contribution in [-0.2, 0) is 9.59 Å². The maximum atomic E-state index is 10.7. The standard InChI is InChI=1S/C12H18O5/c13-4-3-10-5-8(6-11(14)15)1-2-9(10)7-12(16)17/h1,9-10,13H,2-7H2,(H,14,15)(H,16,17). The number of rotatable bonds is 6. The SMILES string of the molecule is O=C(O)CC1=CCC(CC(=O)O)C(CCO)C1. The van der Waals surface area contributed by atoms with Crippen LogP contribution in [0.4, 0.5) is 0 Å². The molecule has 0 aliphatic heterocycles. The van der Waals surface area contributed by atoms with E-state index in [1.165, 1.54) is 0 Å². The monoisotopic (exact) mass is 242 g/mol. The lowest BCUT2D eigenvalue weighted by atomic mass is 9.75. The Morgan fingerprint density at radius 1 is 1.24 bits per heavy atom. The number of aliphatic hydroxyl groups is 1. The number of hydrogen-bond donors (Lipinski definition) is 3. The molecule has 0 aromatic carbocycles. The minimum Gasteiger partial charge on any atom is -0.481 e. The number of carboxylic acid groups (broad SMARTS) is 2. The molecule has 5 heteroatoms. The van der Waals surface area contributed by atoms with Crippen LogP contribution in [0, 0.1) is 11.8 Å². The van der Waals surface area contributed by atoms with Gasteiger partial charge in [-0.2, -0.15) is 0 Å². The molecular weight excluding hydrogens is 224 g/mol. The lowest BCUT2D eigenvalue weighted by Gasteiger charge is -2.29. The second-order valence-electron chi connectivity index (χ2n) is 4.50. The number of allylic oxidation sites excluding steroid dienone is 1. The van der Waals surface area contributed by atoms with Crippen LogP contribution in [0.25, 0.3) is 0 Å². The smallest absolute Gasteiger partial charge is 0.307 e. The second kappa shape index (κ2) is 6.39. The summed E-state index contributed by atoms with van der Waals surface area (Å²) >= 11 is 0. The third-order valence-corrected chi connectivity index (χ3v) is 3.22. The van der Waals surface area contributed by atoms with E-state index in [1.807, 2.05) is 6.08 Å². The van der Waals surface area contributed by atoms with Crippen molar-refractivity contribution in [2.45, 2.75) is 32.1 Å². The Balaban J connectivity index is 2.65. The van der Waals surface area contributed by atoms with Crippen molar-refractivity contribution in [3.63, 3.8) is 0 Å². The first kappa shape index (κ1) is 13.7. The van der Waals surface area contributed by atoms with E-state index in [4.69, 9.17) is 15.3 Å². The van der Waals surface area contributed by atoms with E-state index in [9.17, 15) is 9.59 Å². The van der Waals surface area contributed by atoms with Gasteiger partial charge in [-0.3, -0.25) is 9.59 Å². The van der Waals surface area contributed by atoms with Crippen LogP contribution in [-0.4, -0.2) is 33.9 Å². The Kier molecular flexibility index (Phi) is 5.15. The van der Waals surface area contributed by atoms with E-state index < -0.39 is 11.9 Å². The first-order valence-electron chi connectivity index (χ1n) is 5.75. The van der Waals surface area contributed by atoms with Gasteiger partial charge in [-0.05, 0) is 31.1 Å². The molecule has 0 radical (unpaired) electrons. The number of carbonyl (C=O) groups is 2. The highest BCUT2D eigenvalue weighted by molar-refractivity contribution is 5.70. The van der Waals surface area contributed by atoms with Gasteiger partial charge in [0, 0.05) is 13.0 Å². The largest absolute Gasteiger partial charge is 0.481 e. The van der Waals surface area contributed by atoms with Gasteiger partial charge in [0.15, 0.2) is 0 Å². The van der Waals surface area contributed by atoms with E-state index >= 15 is 0 Å². The molecular formula is C12H18O5. The quantitative estimate of drug-likeness (QED) is 0.610. The van der Waals surface area contributed by atoms with Crippen LogP contribution >= 0.6 is 0 Å². The highest BCUT2D eigenvalue weighted by atomic mass is 16.4. The number of aliphatic hydroxyl groups excluding tert-OH is 1. The molecule has 0 spiro atoms. The predicted molar refractivity (Wildman–Crippen MR) is 60.5 cm³/mol. The van der Waals surface area contributed by atoms with Gasteiger partial charge in [0.1, 0.15) is 0 Å². The van der Waals surface area contributed by atoms with E-state index in [0.717, 1.165) is 5.57 Å². The van der Waals surface area contributed by atoms with Crippen molar-refractivity contribution in [1.82, 2.24) is 0 Å². The van der Waals surface area contributed by atoms with Gasteiger partial charge in [0.05, 0.1) is 6.42 Å². The molecule has 0 saturated heterocycles. The summed E-state index contributed by atoms with van der Waals surface area (Å²) in [6, 6.07) is 0. The zero-order chi connectivity index (χ0) is 12.8. The van der Waals surface area contributed by atoms with Crippen LogP contribution in [0.2, 0.25) is 0 Å². The molecule has 96 valence electrons. The number of hydrogen-bond acceptors (Lipinski definition) is 3. The van der Waals surface area contributed by atoms with E-state index in [2.05, 4.69) is 0 Å². The maximum absolute atomic E-state index is 10.7. The van der Waals surface area contributed by atoms with Crippen LogP contribution in [0.5, 0.6) is 0 Å². The molecule has 2 unspecified atom stereocenters. The fourth-order valence-corrected chi connectivity index (χ4v) is 2.41. The van der Waals surface area contributed by atoms with Gasteiger partial charge < -0.3 is 15.3 Å². The molecule has 17 heavy (non-hydrogen) atoms. The van der Waals surface area contributed by atoms with Crippen LogP contribution in [0.15, 0.2) is 11.6 Å². The minimum atomic E-state index is -0.865. The second-order valence-corrected chi connectivity index (χ2v) is 4.50. The molecule has 2 atom stereocenters. The zero-order valence-electron chi connectivity index (χ0n) is 9.63. The van der Waals surface area contributed by atoms with Gasteiger partial charge in [-0.15, -0.1) is 0 Å². The molecule has 1 aliphatic carbocycles. The Hall–Kier alpha value is -1.36. The highest BCUT2D eigenvalue weighted by Crippen LogP contribution is 2.35. The Morgan fingerprint density at radius 2 is 1.94 bits per heavy atom. The third kappa shape index (κ3) is 4.56. The van der Waals surface area contributed by atoms with Gasteiger partial charge in [-0.1, -0.05) is 11.6 Å². The topological polar surface area (TPSA) is 94.8 Å². The van der Waals surface area contributed by atoms with Crippen molar-refractivity contribution in [1.29, 1.82) is 0 Å². The minimum absolute atomic E-state index is 0.0113. The Labute approximate surface area is 99.8 Å². The molecule has 5 nitrogen and oxygen atoms in total. The van der Waals surface area contributed by atoms with Crippen LogP contribution < -0.4 is 0 Å². The van der Waals surface area contributed by atoms with Gasteiger partial charge in [-0.25, -0.2) is 0 Å². The van der Waals surface area contributed by atoms with Gasteiger partial charge in [0.2, 0.25) is 0 Å². The van der Waals surface area contributed by atoms with E-state index in [-0.39, 0.29) is 31.3 Å². The van der Waals surface area contributed by atoms with Crippen molar-refractivity contribution in [2.75, 3.05) is 6.61 Å². The molecule has 0 bridgehead atoms. The molecule has 0 aromatic rings. The summed E-state index contributed by atoms with van der Waals surface area (Å²) in [5.41, 5.74) is 0.845. The molecule has 0 heterocycles. The van der Waals surface area contributed by atoms with Crippen molar-refractivity contribution in [3.05, 3.63) is 11.6 Å². The molecule has 0 fully saturated rings. The summed E-state index contributed by atoms with van der Waals surface area (Å²) in [6.07, 6.45) is 3.66. The molecule has 0 amide bonds.